The van der Waals surface area contributed by atoms with Crippen molar-refractivity contribution in [3.63, 3.8) is 0 Å². The smallest absolute Gasteiger partial charge is 0.267 e. The van der Waals surface area contributed by atoms with Crippen LogP contribution in [0.25, 0.3) is 0 Å². The summed E-state index contributed by atoms with van der Waals surface area (Å²) >= 11 is 0. The first-order chi connectivity index (χ1) is 7.77. The summed E-state index contributed by atoms with van der Waals surface area (Å²) in [5, 5.41) is 0. The summed E-state index contributed by atoms with van der Waals surface area (Å²) in [5.41, 5.74) is 0.597. The lowest BCUT2D eigenvalue weighted by Crippen LogP contribution is -2.52. The van der Waals surface area contributed by atoms with E-state index in [4.69, 9.17) is 4.74 Å². The zero-order valence-corrected chi connectivity index (χ0v) is 8.37. The Morgan fingerprint density at radius 3 is 2.06 bits per heavy atom. The highest BCUT2D eigenvalue weighted by molar-refractivity contribution is 6.21. The molecular formula is C12H9NO3. The third kappa shape index (κ3) is 1.20. The van der Waals surface area contributed by atoms with Gasteiger partial charge in [0.15, 0.2) is 12.2 Å². The number of morpholine rings is 1. The van der Waals surface area contributed by atoms with Gasteiger partial charge < -0.3 is 4.74 Å². The molecule has 0 saturated carbocycles. The van der Waals surface area contributed by atoms with Crippen molar-refractivity contribution < 1.29 is 14.3 Å². The van der Waals surface area contributed by atoms with Crippen LogP contribution in [0.5, 0.6) is 0 Å². The molecule has 0 radical (unpaired) electrons. The molecule has 0 aliphatic carbocycles. The van der Waals surface area contributed by atoms with E-state index in [1.807, 2.05) is 6.07 Å². The first-order valence-electron chi connectivity index (χ1n) is 5.04. The van der Waals surface area contributed by atoms with Crippen LogP contribution in [0.4, 0.5) is 5.69 Å². The van der Waals surface area contributed by atoms with Crippen molar-refractivity contribution in [2.75, 3.05) is 4.90 Å². The molecule has 16 heavy (non-hydrogen) atoms. The van der Waals surface area contributed by atoms with Gasteiger partial charge in [0, 0.05) is 0 Å². The molecule has 0 N–H and O–H groups in total. The Hall–Kier alpha value is -1.94. The van der Waals surface area contributed by atoms with E-state index >= 15 is 0 Å². The Kier molecular flexibility index (Phi) is 1.91. The van der Waals surface area contributed by atoms with Gasteiger partial charge in [0.2, 0.25) is 0 Å². The summed E-state index contributed by atoms with van der Waals surface area (Å²) in [6.07, 6.45) is 2.05. The Balaban J connectivity index is 2.03. The first kappa shape index (κ1) is 9.30. The molecule has 2 aliphatic rings. The normalized spacial score (nSPS) is 27.6. The molecule has 4 nitrogen and oxygen atoms in total. The quantitative estimate of drug-likeness (QED) is 0.516. The summed E-state index contributed by atoms with van der Waals surface area (Å²) in [4.78, 5) is 25.0. The number of carbonyl (C=O) groups is 2. The SMILES string of the molecule is O=C1C2C=CC(O2)C(=O)N1c1ccccc1. The average molecular weight is 215 g/mol. The number of hydrogen-bond acceptors (Lipinski definition) is 3. The first-order valence-corrected chi connectivity index (χ1v) is 5.04. The van der Waals surface area contributed by atoms with Gasteiger partial charge in [-0.3, -0.25) is 9.59 Å². The number of para-hydroxylation sites is 1. The van der Waals surface area contributed by atoms with Gasteiger partial charge in [0.05, 0.1) is 5.69 Å². The number of hydrogen-bond donors (Lipinski definition) is 0. The van der Waals surface area contributed by atoms with Crippen LogP contribution in [0.2, 0.25) is 0 Å². The molecule has 80 valence electrons. The minimum absolute atomic E-state index is 0.318. The van der Waals surface area contributed by atoms with Crippen molar-refractivity contribution in [1.29, 1.82) is 0 Å². The topological polar surface area (TPSA) is 46.6 Å². The van der Waals surface area contributed by atoms with Crippen molar-refractivity contribution in [2.24, 2.45) is 0 Å². The second-order valence-corrected chi connectivity index (χ2v) is 3.71. The van der Waals surface area contributed by atoms with Gasteiger partial charge >= 0.3 is 0 Å². The van der Waals surface area contributed by atoms with Crippen molar-refractivity contribution in [3.8, 4) is 0 Å². The summed E-state index contributed by atoms with van der Waals surface area (Å²) in [6, 6.07) is 8.90. The van der Waals surface area contributed by atoms with Crippen LogP contribution in [0, 0.1) is 0 Å². The van der Waals surface area contributed by atoms with E-state index in [1.54, 1.807) is 36.4 Å². The van der Waals surface area contributed by atoms with Crippen LogP contribution >= 0.6 is 0 Å². The van der Waals surface area contributed by atoms with E-state index < -0.39 is 12.2 Å². The maximum absolute atomic E-state index is 11.9. The molecule has 2 bridgehead atoms. The molecular weight excluding hydrogens is 206 g/mol. The van der Waals surface area contributed by atoms with Gasteiger partial charge in [-0.05, 0) is 24.3 Å². The molecule has 4 heteroatoms. The Labute approximate surface area is 92.1 Å². The summed E-state index contributed by atoms with van der Waals surface area (Å²) < 4.78 is 5.22. The highest BCUT2D eigenvalue weighted by Crippen LogP contribution is 2.26. The Bertz CT molecular complexity index is 456. The van der Waals surface area contributed by atoms with E-state index in [1.165, 1.54) is 4.90 Å². The summed E-state index contributed by atoms with van der Waals surface area (Å²) in [7, 11) is 0. The largest absolute Gasteiger partial charge is 0.347 e. The predicted octanol–water partition coefficient (Wildman–Crippen LogP) is 0.883. The second kappa shape index (κ2) is 3.28. The fourth-order valence-corrected chi connectivity index (χ4v) is 1.93. The maximum Gasteiger partial charge on any atom is 0.267 e. The zero-order valence-electron chi connectivity index (χ0n) is 8.37. The number of fused-ring (bicyclic) bond motifs is 2. The van der Waals surface area contributed by atoms with Crippen LogP contribution in [0.15, 0.2) is 42.5 Å². The van der Waals surface area contributed by atoms with Crippen molar-refractivity contribution in [1.82, 2.24) is 0 Å². The van der Waals surface area contributed by atoms with Crippen molar-refractivity contribution >= 4 is 17.5 Å². The van der Waals surface area contributed by atoms with Crippen LogP contribution in [-0.4, -0.2) is 24.0 Å². The Morgan fingerprint density at radius 1 is 0.938 bits per heavy atom. The Morgan fingerprint density at radius 2 is 1.50 bits per heavy atom. The number of nitrogens with zero attached hydrogens (tertiary/aromatic N) is 1. The van der Waals surface area contributed by atoms with Gasteiger partial charge in [-0.2, -0.15) is 0 Å². The molecule has 1 fully saturated rings. The number of amides is 2. The van der Waals surface area contributed by atoms with E-state index in [0.29, 0.717) is 5.69 Å². The van der Waals surface area contributed by atoms with Gasteiger partial charge in [0.1, 0.15) is 0 Å². The van der Waals surface area contributed by atoms with Crippen LogP contribution in [0.1, 0.15) is 0 Å². The molecule has 1 aromatic carbocycles. The minimum atomic E-state index is -0.608. The second-order valence-electron chi connectivity index (χ2n) is 3.71. The number of benzene rings is 1. The highest BCUT2D eigenvalue weighted by atomic mass is 16.5. The average Bonchev–Trinajstić information content (AvgIpc) is 2.75. The van der Waals surface area contributed by atoms with Gasteiger partial charge in [-0.1, -0.05) is 18.2 Å². The van der Waals surface area contributed by atoms with Crippen LogP contribution in [0.3, 0.4) is 0 Å². The maximum atomic E-state index is 11.9. The lowest BCUT2D eigenvalue weighted by Gasteiger charge is -2.29. The van der Waals surface area contributed by atoms with Gasteiger partial charge in [0.25, 0.3) is 11.8 Å². The van der Waals surface area contributed by atoms with Crippen molar-refractivity contribution in [2.45, 2.75) is 12.2 Å². The number of anilines is 1. The molecule has 2 atom stereocenters. The van der Waals surface area contributed by atoms with E-state index in [2.05, 4.69) is 0 Å². The number of ether oxygens (including phenoxy) is 1. The molecule has 1 saturated heterocycles. The van der Waals surface area contributed by atoms with E-state index in [-0.39, 0.29) is 11.8 Å². The third-order valence-corrected chi connectivity index (χ3v) is 2.70. The lowest BCUT2D eigenvalue weighted by atomic mass is 10.2. The number of carbonyl (C=O) groups excluding carboxylic acids is 2. The number of imide groups is 1. The fourth-order valence-electron chi connectivity index (χ4n) is 1.93. The molecule has 1 aromatic rings. The zero-order chi connectivity index (χ0) is 11.1. The predicted molar refractivity (Wildman–Crippen MR) is 56.7 cm³/mol. The van der Waals surface area contributed by atoms with Gasteiger partial charge in [-0.15, -0.1) is 0 Å². The van der Waals surface area contributed by atoms with Crippen LogP contribution < -0.4 is 4.90 Å². The van der Waals surface area contributed by atoms with Crippen molar-refractivity contribution in [3.05, 3.63) is 42.5 Å². The molecule has 2 aliphatic heterocycles. The fraction of sp³-hybridized carbons (Fsp3) is 0.167. The highest BCUT2D eigenvalue weighted by Gasteiger charge is 2.43. The van der Waals surface area contributed by atoms with E-state index in [0.717, 1.165) is 0 Å². The third-order valence-electron chi connectivity index (χ3n) is 2.70. The summed E-state index contributed by atoms with van der Waals surface area (Å²) in [5.74, 6) is -0.637. The van der Waals surface area contributed by atoms with Gasteiger partial charge in [-0.25, -0.2) is 4.90 Å². The van der Waals surface area contributed by atoms with Crippen LogP contribution in [-0.2, 0) is 14.3 Å². The molecule has 2 heterocycles. The number of rotatable bonds is 1. The standard InChI is InChI=1S/C12H9NO3/c14-11-9-6-7-10(16-9)12(15)13(11)8-4-2-1-3-5-8/h1-7,9-10H. The summed E-state index contributed by atoms with van der Waals surface area (Å²) in [6.45, 7) is 0. The molecule has 2 unspecified atom stereocenters. The molecule has 0 aromatic heterocycles. The minimum Gasteiger partial charge on any atom is -0.347 e. The monoisotopic (exact) mass is 215 g/mol. The molecule has 2 amide bonds. The molecule has 3 rings (SSSR count). The lowest BCUT2D eigenvalue weighted by molar-refractivity contribution is -0.145. The van der Waals surface area contributed by atoms with E-state index in [9.17, 15) is 9.59 Å². The molecule has 0 spiro atoms.